The minimum atomic E-state index is -0.550. The predicted molar refractivity (Wildman–Crippen MR) is 84.2 cm³/mol. The van der Waals surface area contributed by atoms with Crippen molar-refractivity contribution in [2.75, 3.05) is 26.3 Å². The minimum absolute atomic E-state index is 0.192. The molecule has 120 valence electrons. The average Bonchev–Trinajstić information content (AvgIpc) is 2.52. The van der Waals surface area contributed by atoms with Crippen LogP contribution in [0, 0.1) is 5.41 Å². The van der Waals surface area contributed by atoms with Gasteiger partial charge < -0.3 is 15.0 Å². The molecule has 2 rings (SSSR count). The summed E-state index contributed by atoms with van der Waals surface area (Å²) in [5.74, 6) is -1.03. The molecule has 0 spiro atoms. The van der Waals surface area contributed by atoms with Crippen molar-refractivity contribution in [2.24, 2.45) is 5.41 Å². The first-order valence-electron chi connectivity index (χ1n) is 7.62. The van der Waals surface area contributed by atoms with E-state index in [1.54, 1.807) is 4.90 Å². The van der Waals surface area contributed by atoms with Crippen LogP contribution in [-0.4, -0.2) is 43.0 Å². The van der Waals surface area contributed by atoms with Crippen molar-refractivity contribution in [3.05, 3.63) is 35.9 Å². The Morgan fingerprint density at radius 3 is 2.27 bits per heavy atom. The van der Waals surface area contributed by atoms with Crippen LogP contribution in [0.25, 0.3) is 0 Å². The molecule has 5 heteroatoms. The molecular weight excluding hydrogens is 280 g/mol. The van der Waals surface area contributed by atoms with Crippen molar-refractivity contribution < 1.29 is 14.3 Å². The highest BCUT2D eigenvalue weighted by atomic mass is 16.5. The topological polar surface area (TPSA) is 58.6 Å². The van der Waals surface area contributed by atoms with Crippen LogP contribution in [0.15, 0.2) is 30.3 Å². The number of hydrogen-bond donors (Lipinski definition) is 1. The molecule has 0 radical (unpaired) electrons. The SMILES string of the molecule is CC(C)(C)[C@@H](NC(=O)C(=O)N1CCOCC1)c1ccccc1. The van der Waals surface area contributed by atoms with Gasteiger partial charge in [-0.1, -0.05) is 51.1 Å². The second-order valence-corrected chi connectivity index (χ2v) is 6.59. The number of morpholine rings is 1. The molecule has 0 aromatic heterocycles. The lowest BCUT2D eigenvalue weighted by Gasteiger charge is -2.33. The van der Waals surface area contributed by atoms with Crippen LogP contribution < -0.4 is 5.32 Å². The number of carbonyl (C=O) groups is 2. The Morgan fingerprint density at radius 2 is 1.73 bits per heavy atom. The van der Waals surface area contributed by atoms with Gasteiger partial charge in [0.25, 0.3) is 0 Å². The summed E-state index contributed by atoms with van der Waals surface area (Å²) in [4.78, 5) is 26.1. The third-order valence-corrected chi connectivity index (χ3v) is 3.77. The van der Waals surface area contributed by atoms with E-state index in [4.69, 9.17) is 4.74 Å². The molecule has 0 aliphatic carbocycles. The number of amides is 2. The zero-order chi connectivity index (χ0) is 16.2. The van der Waals surface area contributed by atoms with Crippen LogP contribution in [0.2, 0.25) is 0 Å². The van der Waals surface area contributed by atoms with Gasteiger partial charge in [-0.25, -0.2) is 0 Å². The van der Waals surface area contributed by atoms with E-state index in [2.05, 4.69) is 5.32 Å². The molecule has 1 aliphatic heterocycles. The lowest BCUT2D eigenvalue weighted by Crippen LogP contribution is -2.49. The lowest BCUT2D eigenvalue weighted by atomic mass is 9.82. The van der Waals surface area contributed by atoms with E-state index in [9.17, 15) is 9.59 Å². The molecule has 0 unspecified atom stereocenters. The molecule has 1 fully saturated rings. The second-order valence-electron chi connectivity index (χ2n) is 6.59. The number of ether oxygens (including phenoxy) is 1. The van der Waals surface area contributed by atoms with Crippen LogP contribution >= 0.6 is 0 Å². The molecule has 5 nitrogen and oxygen atoms in total. The fourth-order valence-electron chi connectivity index (χ4n) is 2.55. The van der Waals surface area contributed by atoms with Crippen LogP contribution in [0.5, 0.6) is 0 Å². The highest BCUT2D eigenvalue weighted by Gasteiger charge is 2.31. The fraction of sp³-hybridized carbons (Fsp3) is 0.529. The Kier molecular flexibility index (Phi) is 5.19. The van der Waals surface area contributed by atoms with Crippen molar-refractivity contribution >= 4 is 11.8 Å². The highest BCUT2D eigenvalue weighted by Crippen LogP contribution is 2.32. The summed E-state index contributed by atoms with van der Waals surface area (Å²) < 4.78 is 5.21. The van der Waals surface area contributed by atoms with Crippen molar-refractivity contribution in [3.8, 4) is 0 Å². The van der Waals surface area contributed by atoms with Crippen molar-refractivity contribution in [2.45, 2.75) is 26.8 Å². The van der Waals surface area contributed by atoms with Gasteiger partial charge in [-0.3, -0.25) is 9.59 Å². The van der Waals surface area contributed by atoms with Crippen molar-refractivity contribution in [3.63, 3.8) is 0 Å². The maximum Gasteiger partial charge on any atom is 0.312 e. The summed E-state index contributed by atoms with van der Waals surface area (Å²) in [6.45, 7) is 8.05. The Labute approximate surface area is 131 Å². The van der Waals surface area contributed by atoms with Crippen LogP contribution in [0.4, 0.5) is 0 Å². The zero-order valence-corrected chi connectivity index (χ0v) is 13.5. The van der Waals surface area contributed by atoms with E-state index in [-0.39, 0.29) is 11.5 Å². The monoisotopic (exact) mass is 304 g/mol. The van der Waals surface area contributed by atoms with Crippen LogP contribution in [-0.2, 0) is 14.3 Å². The summed E-state index contributed by atoms with van der Waals surface area (Å²) >= 11 is 0. The fourth-order valence-corrected chi connectivity index (χ4v) is 2.55. The smallest absolute Gasteiger partial charge is 0.312 e. The highest BCUT2D eigenvalue weighted by molar-refractivity contribution is 6.35. The first kappa shape index (κ1) is 16.5. The summed E-state index contributed by atoms with van der Waals surface area (Å²) in [7, 11) is 0. The quantitative estimate of drug-likeness (QED) is 0.847. The first-order chi connectivity index (χ1) is 10.4. The lowest BCUT2D eigenvalue weighted by molar-refractivity contribution is -0.149. The van der Waals surface area contributed by atoms with E-state index in [1.807, 2.05) is 51.1 Å². The van der Waals surface area contributed by atoms with Crippen LogP contribution in [0.3, 0.4) is 0 Å². The normalized spacial score (nSPS) is 17.0. The van der Waals surface area contributed by atoms with Gasteiger partial charge in [0.15, 0.2) is 0 Å². The number of carbonyl (C=O) groups excluding carboxylic acids is 2. The van der Waals surface area contributed by atoms with Crippen molar-refractivity contribution in [1.82, 2.24) is 10.2 Å². The third-order valence-electron chi connectivity index (χ3n) is 3.77. The number of nitrogens with zero attached hydrogens (tertiary/aromatic N) is 1. The predicted octanol–water partition coefficient (Wildman–Crippen LogP) is 1.75. The molecule has 1 aromatic carbocycles. The van der Waals surface area contributed by atoms with Gasteiger partial charge in [0.05, 0.1) is 19.3 Å². The molecule has 1 atom stereocenters. The second kappa shape index (κ2) is 6.92. The Morgan fingerprint density at radius 1 is 1.14 bits per heavy atom. The first-order valence-corrected chi connectivity index (χ1v) is 7.62. The maximum atomic E-state index is 12.3. The molecule has 1 saturated heterocycles. The summed E-state index contributed by atoms with van der Waals surface area (Å²) in [5.41, 5.74) is 0.806. The molecule has 1 aromatic rings. The van der Waals surface area contributed by atoms with Crippen molar-refractivity contribution in [1.29, 1.82) is 0 Å². The van der Waals surface area contributed by atoms with Gasteiger partial charge in [-0.15, -0.1) is 0 Å². The molecule has 1 N–H and O–H groups in total. The molecule has 22 heavy (non-hydrogen) atoms. The van der Waals surface area contributed by atoms with Gasteiger partial charge >= 0.3 is 11.8 Å². The van der Waals surface area contributed by atoms with Gasteiger partial charge in [0, 0.05) is 13.1 Å². The Balaban J connectivity index is 2.10. The largest absolute Gasteiger partial charge is 0.378 e. The molecule has 1 heterocycles. The van der Waals surface area contributed by atoms with E-state index < -0.39 is 11.8 Å². The summed E-state index contributed by atoms with van der Waals surface area (Å²) in [6.07, 6.45) is 0. The van der Waals surface area contributed by atoms with Gasteiger partial charge in [0.2, 0.25) is 0 Å². The van der Waals surface area contributed by atoms with Gasteiger partial charge in [-0.2, -0.15) is 0 Å². The molecule has 2 amide bonds. The Hall–Kier alpha value is -1.88. The minimum Gasteiger partial charge on any atom is -0.378 e. The maximum absolute atomic E-state index is 12.3. The number of nitrogens with one attached hydrogen (secondary N) is 1. The van der Waals surface area contributed by atoms with E-state index >= 15 is 0 Å². The van der Waals surface area contributed by atoms with Crippen LogP contribution in [0.1, 0.15) is 32.4 Å². The summed E-state index contributed by atoms with van der Waals surface area (Å²) in [5, 5.41) is 2.90. The standard InChI is InChI=1S/C17H24N2O3/c1-17(2,3)14(13-7-5-4-6-8-13)18-15(20)16(21)19-9-11-22-12-10-19/h4-8,14H,9-12H2,1-3H3,(H,18,20)/t14-/m0/s1. The zero-order valence-electron chi connectivity index (χ0n) is 13.5. The summed E-state index contributed by atoms with van der Waals surface area (Å²) in [6, 6.07) is 9.52. The average molecular weight is 304 g/mol. The molecular formula is C17H24N2O3. The Bertz CT molecular complexity index is 516. The van der Waals surface area contributed by atoms with E-state index in [0.29, 0.717) is 26.3 Å². The number of rotatable bonds is 2. The molecule has 0 bridgehead atoms. The third kappa shape index (κ3) is 4.07. The van der Waals surface area contributed by atoms with Gasteiger partial charge in [0.1, 0.15) is 0 Å². The molecule has 1 aliphatic rings. The van der Waals surface area contributed by atoms with E-state index in [0.717, 1.165) is 5.56 Å². The number of benzene rings is 1. The number of hydrogen-bond acceptors (Lipinski definition) is 3. The van der Waals surface area contributed by atoms with Gasteiger partial charge in [-0.05, 0) is 11.0 Å². The molecule has 0 saturated carbocycles. The van der Waals surface area contributed by atoms with E-state index in [1.165, 1.54) is 0 Å².